The Morgan fingerprint density at radius 2 is 1.90 bits per heavy atom. The van der Waals surface area contributed by atoms with Crippen LogP contribution in [0.4, 0.5) is 0 Å². The Kier molecular flexibility index (Phi) is 6.73. The van der Waals surface area contributed by atoms with E-state index >= 15 is 0 Å². The molecule has 5 heteroatoms. The first kappa shape index (κ1) is 16.2. The summed E-state index contributed by atoms with van der Waals surface area (Å²) in [6.45, 7) is 3.87. The van der Waals surface area contributed by atoms with Gasteiger partial charge in [-0.1, -0.05) is 30.3 Å². The number of rotatable bonds is 7. The van der Waals surface area contributed by atoms with E-state index in [1.54, 1.807) is 13.8 Å². The molecule has 0 aliphatic heterocycles. The molecule has 0 aromatic heterocycles. The van der Waals surface area contributed by atoms with Crippen molar-refractivity contribution < 1.29 is 14.3 Å². The fraction of sp³-hybridized carbons (Fsp3) is 0.467. The highest BCUT2D eigenvalue weighted by molar-refractivity contribution is 5.78. The molecule has 0 aliphatic carbocycles. The fourth-order valence-corrected chi connectivity index (χ4v) is 1.81. The van der Waals surface area contributed by atoms with Crippen LogP contribution < -0.4 is 11.1 Å². The van der Waals surface area contributed by atoms with Gasteiger partial charge in [0.25, 0.3) is 0 Å². The Bertz CT molecular complexity index is 432. The normalized spacial score (nSPS) is 12.0. The average Bonchev–Trinajstić information content (AvgIpc) is 2.38. The van der Waals surface area contributed by atoms with Crippen LogP contribution in [0.5, 0.6) is 0 Å². The van der Waals surface area contributed by atoms with Gasteiger partial charge >= 0.3 is 5.97 Å². The smallest absolute Gasteiger partial charge is 0.308 e. The average molecular weight is 278 g/mol. The van der Waals surface area contributed by atoms with Crippen molar-refractivity contribution in [1.82, 2.24) is 5.32 Å². The lowest BCUT2D eigenvalue weighted by atomic mass is 10.0. The number of amides is 1. The second kappa shape index (κ2) is 8.32. The molecule has 0 saturated heterocycles. The maximum atomic E-state index is 11.8. The number of ether oxygens (including phenoxy) is 1. The van der Waals surface area contributed by atoms with E-state index in [1.165, 1.54) is 0 Å². The standard InChI is InChI=1S/C15H22N2O3/c1-11(2)20-15(19)10-13(17-14(18)8-9-16)12-6-4-3-5-7-12/h3-7,11,13H,8-10,16H2,1-2H3,(H,17,18). The van der Waals surface area contributed by atoms with Crippen LogP contribution in [0.15, 0.2) is 30.3 Å². The summed E-state index contributed by atoms with van der Waals surface area (Å²) in [5.41, 5.74) is 6.23. The van der Waals surface area contributed by atoms with Gasteiger partial charge in [-0.25, -0.2) is 0 Å². The summed E-state index contributed by atoms with van der Waals surface area (Å²) < 4.78 is 5.13. The van der Waals surface area contributed by atoms with Crippen LogP contribution in [-0.4, -0.2) is 24.5 Å². The van der Waals surface area contributed by atoms with Crippen LogP contribution in [-0.2, 0) is 14.3 Å². The van der Waals surface area contributed by atoms with Gasteiger partial charge < -0.3 is 15.8 Å². The van der Waals surface area contributed by atoms with Gasteiger partial charge in [0.1, 0.15) is 0 Å². The molecular formula is C15H22N2O3. The Labute approximate surface area is 119 Å². The third-order valence-corrected chi connectivity index (χ3v) is 2.65. The summed E-state index contributed by atoms with van der Waals surface area (Å²) in [6.07, 6.45) is 0.180. The van der Waals surface area contributed by atoms with Gasteiger partial charge in [0.2, 0.25) is 5.91 Å². The first-order chi connectivity index (χ1) is 9.52. The van der Waals surface area contributed by atoms with E-state index in [1.807, 2.05) is 30.3 Å². The van der Waals surface area contributed by atoms with Gasteiger partial charge in [0.05, 0.1) is 18.6 Å². The zero-order chi connectivity index (χ0) is 15.0. The number of carbonyl (C=O) groups is 2. The van der Waals surface area contributed by atoms with E-state index in [0.717, 1.165) is 5.56 Å². The molecule has 5 nitrogen and oxygen atoms in total. The Morgan fingerprint density at radius 1 is 1.25 bits per heavy atom. The van der Waals surface area contributed by atoms with Gasteiger partial charge in [0, 0.05) is 13.0 Å². The Balaban J connectivity index is 2.74. The topological polar surface area (TPSA) is 81.4 Å². The van der Waals surface area contributed by atoms with E-state index in [0.29, 0.717) is 0 Å². The van der Waals surface area contributed by atoms with E-state index in [9.17, 15) is 9.59 Å². The molecule has 0 radical (unpaired) electrons. The summed E-state index contributed by atoms with van der Waals surface area (Å²) in [7, 11) is 0. The molecule has 0 saturated carbocycles. The van der Waals surface area contributed by atoms with Crippen LogP contribution >= 0.6 is 0 Å². The maximum absolute atomic E-state index is 11.8. The largest absolute Gasteiger partial charge is 0.463 e. The fourth-order valence-electron chi connectivity index (χ4n) is 1.81. The van der Waals surface area contributed by atoms with Crippen molar-refractivity contribution in [3.63, 3.8) is 0 Å². The third kappa shape index (κ3) is 5.84. The van der Waals surface area contributed by atoms with Crippen molar-refractivity contribution in [1.29, 1.82) is 0 Å². The van der Waals surface area contributed by atoms with Crippen LogP contribution in [0, 0.1) is 0 Å². The van der Waals surface area contributed by atoms with E-state index < -0.39 is 0 Å². The highest BCUT2D eigenvalue weighted by Gasteiger charge is 2.19. The molecule has 1 amide bonds. The Morgan fingerprint density at radius 3 is 2.45 bits per heavy atom. The van der Waals surface area contributed by atoms with Crippen molar-refractivity contribution in [3.8, 4) is 0 Å². The van der Waals surface area contributed by atoms with Crippen molar-refractivity contribution >= 4 is 11.9 Å². The number of hydrogen-bond acceptors (Lipinski definition) is 4. The van der Waals surface area contributed by atoms with Crippen LogP contribution in [0.2, 0.25) is 0 Å². The lowest BCUT2D eigenvalue weighted by Crippen LogP contribution is -2.32. The van der Waals surface area contributed by atoms with Gasteiger partial charge in [-0.15, -0.1) is 0 Å². The highest BCUT2D eigenvalue weighted by Crippen LogP contribution is 2.17. The second-order valence-corrected chi connectivity index (χ2v) is 4.81. The van der Waals surface area contributed by atoms with Crippen LogP contribution in [0.1, 0.15) is 38.3 Å². The van der Waals surface area contributed by atoms with Gasteiger partial charge in [-0.3, -0.25) is 9.59 Å². The molecule has 1 unspecified atom stereocenters. The summed E-state index contributed by atoms with van der Waals surface area (Å²) in [6, 6.07) is 8.97. The lowest BCUT2D eigenvalue weighted by Gasteiger charge is -2.19. The zero-order valence-electron chi connectivity index (χ0n) is 12.0. The van der Waals surface area contributed by atoms with Crippen LogP contribution in [0.3, 0.4) is 0 Å². The maximum Gasteiger partial charge on any atom is 0.308 e. The van der Waals surface area contributed by atoms with Crippen molar-refractivity contribution in [2.24, 2.45) is 5.73 Å². The van der Waals surface area contributed by atoms with Gasteiger partial charge in [0.15, 0.2) is 0 Å². The molecule has 0 spiro atoms. The van der Waals surface area contributed by atoms with E-state index in [2.05, 4.69) is 5.32 Å². The molecule has 1 aromatic rings. The first-order valence-corrected chi connectivity index (χ1v) is 6.76. The molecule has 1 atom stereocenters. The minimum atomic E-state index is -0.388. The second-order valence-electron chi connectivity index (χ2n) is 4.81. The predicted octanol–water partition coefficient (Wildman–Crippen LogP) is 1.53. The number of esters is 1. The number of carbonyl (C=O) groups excluding carboxylic acids is 2. The summed E-state index contributed by atoms with van der Waals surface area (Å²) in [5, 5.41) is 2.82. The molecule has 3 N–H and O–H groups in total. The molecule has 0 fully saturated rings. The zero-order valence-corrected chi connectivity index (χ0v) is 12.0. The monoisotopic (exact) mass is 278 g/mol. The molecule has 1 rings (SSSR count). The quantitative estimate of drug-likeness (QED) is 0.741. The van der Waals surface area contributed by atoms with Gasteiger partial charge in [-0.05, 0) is 19.4 Å². The molecule has 20 heavy (non-hydrogen) atoms. The molecule has 1 aromatic carbocycles. The lowest BCUT2D eigenvalue weighted by molar-refractivity contribution is -0.148. The molecule has 0 heterocycles. The van der Waals surface area contributed by atoms with Crippen LogP contribution in [0.25, 0.3) is 0 Å². The number of nitrogens with one attached hydrogen (secondary N) is 1. The molecule has 0 aliphatic rings. The minimum Gasteiger partial charge on any atom is -0.463 e. The van der Waals surface area contributed by atoms with E-state index in [4.69, 9.17) is 10.5 Å². The summed E-state index contributed by atoms with van der Waals surface area (Å²) in [5.74, 6) is -0.499. The van der Waals surface area contributed by atoms with Crippen molar-refractivity contribution in [3.05, 3.63) is 35.9 Å². The predicted molar refractivity (Wildman–Crippen MR) is 76.8 cm³/mol. The summed E-state index contributed by atoms with van der Waals surface area (Å²) in [4.78, 5) is 23.5. The van der Waals surface area contributed by atoms with E-state index in [-0.39, 0.29) is 43.4 Å². The SMILES string of the molecule is CC(C)OC(=O)CC(NC(=O)CCN)c1ccccc1. The highest BCUT2D eigenvalue weighted by atomic mass is 16.5. The number of nitrogens with two attached hydrogens (primary N) is 1. The third-order valence-electron chi connectivity index (χ3n) is 2.65. The summed E-state index contributed by atoms with van der Waals surface area (Å²) >= 11 is 0. The molecule has 110 valence electrons. The number of hydrogen-bond donors (Lipinski definition) is 2. The van der Waals surface area contributed by atoms with Crippen molar-refractivity contribution in [2.75, 3.05) is 6.54 Å². The molecular weight excluding hydrogens is 256 g/mol. The number of benzene rings is 1. The minimum absolute atomic E-state index is 0.110. The molecule has 0 bridgehead atoms. The Hall–Kier alpha value is -1.88. The van der Waals surface area contributed by atoms with Gasteiger partial charge in [-0.2, -0.15) is 0 Å². The first-order valence-electron chi connectivity index (χ1n) is 6.76. The van der Waals surface area contributed by atoms with Crippen molar-refractivity contribution in [2.45, 2.75) is 38.8 Å².